The van der Waals surface area contributed by atoms with E-state index in [-0.39, 0.29) is 5.88 Å². The molecule has 0 saturated carbocycles. The Morgan fingerprint density at radius 3 is 2.55 bits per heavy atom. The summed E-state index contributed by atoms with van der Waals surface area (Å²) in [5, 5.41) is 0.933. The number of nitrogens with zero attached hydrogens (tertiary/aromatic N) is 1. The van der Waals surface area contributed by atoms with Gasteiger partial charge in [-0.05, 0) is 23.8 Å². The van der Waals surface area contributed by atoms with E-state index in [2.05, 4.69) is 15.9 Å². The topological polar surface area (TPSA) is 48.3 Å². The first-order chi connectivity index (χ1) is 10.6. The summed E-state index contributed by atoms with van der Waals surface area (Å²) in [7, 11) is -2.51. The van der Waals surface area contributed by atoms with E-state index >= 15 is 0 Å². The Kier molecular flexibility index (Phi) is 4.49. The summed E-state index contributed by atoms with van der Waals surface area (Å²) in [5.74, 6) is 0.612. The fourth-order valence-electron chi connectivity index (χ4n) is 2.35. The molecule has 22 heavy (non-hydrogen) atoms. The van der Waals surface area contributed by atoms with Crippen molar-refractivity contribution in [3.05, 3.63) is 64.8 Å². The number of ether oxygens (including phenoxy) is 1. The molecule has 2 aromatic carbocycles. The van der Waals surface area contributed by atoms with E-state index in [1.54, 1.807) is 10.8 Å². The van der Waals surface area contributed by atoms with E-state index in [4.69, 9.17) is 4.74 Å². The van der Waals surface area contributed by atoms with Crippen molar-refractivity contribution in [2.75, 3.05) is 0 Å². The molecule has 4 nitrogen and oxygen atoms in total. The summed E-state index contributed by atoms with van der Waals surface area (Å²) in [6.07, 6.45) is 1.76. The highest BCUT2D eigenvalue weighted by atomic mass is 79.9. The van der Waals surface area contributed by atoms with Crippen LogP contribution in [0.2, 0.25) is 0 Å². The highest BCUT2D eigenvalue weighted by molar-refractivity contribution is 9.10. The SMILES string of the molecule is O=[SH](=O)Cn1ccc2c(Br)ccc(OCc3ccccc3)c21. The molecule has 0 aliphatic rings. The molecule has 0 aliphatic carbocycles. The largest absolute Gasteiger partial charge is 0.487 e. The second-order valence-corrected chi connectivity index (χ2v) is 6.64. The molecule has 0 bridgehead atoms. The summed E-state index contributed by atoms with van der Waals surface area (Å²) in [5.41, 5.74) is 1.84. The number of aromatic nitrogens is 1. The average Bonchev–Trinajstić information content (AvgIpc) is 2.92. The van der Waals surface area contributed by atoms with Gasteiger partial charge in [0.2, 0.25) is 0 Å². The van der Waals surface area contributed by atoms with Gasteiger partial charge < -0.3 is 9.30 Å². The number of halogens is 1. The fourth-order valence-corrected chi connectivity index (χ4v) is 3.29. The van der Waals surface area contributed by atoms with Gasteiger partial charge in [-0.1, -0.05) is 46.3 Å². The summed E-state index contributed by atoms with van der Waals surface area (Å²) < 4.78 is 30.6. The normalized spacial score (nSPS) is 11.2. The number of fused-ring (bicyclic) bond motifs is 1. The fraction of sp³-hybridized carbons (Fsp3) is 0.125. The lowest BCUT2D eigenvalue weighted by molar-refractivity contribution is 0.309. The zero-order valence-corrected chi connectivity index (χ0v) is 14.1. The van der Waals surface area contributed by atoms with Crippen molar-refractivity contribution >= 4 is 37.5 Å². The molecule has 1 aromatic heterocycles. The number of benzene rings is 2. The Morgan fingerprint density at radius 1 is 1.05 bits per heavy atom. The van der Waals surface area contributed by atoms with Gasteiger partial charge in [-0.25, -0.2) is 8.42 Å². The molecular formula is C16H14BrNO3S. The van der Waals surface area contributed by atoms with E-state index < -0.39 is 10.7 Å². The van der Waals surface area contributed by atoms with Gasteiger partial charge >= 0.3 is 0 Å². The lowest BCUT2D eigenvalue weighted by atomic mass is 10.2. The average molecular weight is 380 g/mol. The molecule has 114 valence electrons. The van der Waals surface area contributed by atoms with Crippen molar-refractivity contribution in [3.63, 3.8) is 0 Å². The van der Waals surface area contributed by atoms with Gasteiger partial charge in [-0.15, -0.1) is 0 Å². The zero-order chi connectivity index (χ0) is 15.5. The van der Waals surface area contributed by atoms with Crippen molar-refractivity contribution in [1.82, 2.24) is 4.57 Å². The van der Waals surface area contributed by atoms with Gasteiger partial charge in [-0.2, -0.15) is 0 Å². The Labute approximate surface area is 138 Å². The van der Waals surface area contributed by atoms with Gasteiger partial charge in [0.05, 0.1) is 5.52 Å². The maximum atomic E-state index is 11.0. The number of hydrogen-bond donors (Lipinski definition) is 1. The van der Waals surface area contributed by atoms with Crippen molar-refractivity contribution < 1.29 is 13.2 Å². The molecule has 1 heterocycles. The van der Waals surface area contributed by atoms with Crippen molar-refractivity contribution in [3.8, 4) is 5.75 Å². The maximum absolute atomic E-state index is 11.0. The smallest absolute Gasteiger partial charge is 0.158 e. The van der Waals surface area contributed by atoms with E-state index in [0.29, 0.717) is 12.4 Å². The Balaban J connectivity index is 1.97. The van der Waals surface area contributed by atoms with Crippen molar-refractivity contribution in [2.24, 2.45) is 0 Å². The van der Waals surface area contributed by atoms with Crippen LogP contribution in [0.3, 0.4) is 0 Å². The first kappa shape index (κ1) is 15.1. The molecular weight excluding hydrogens is 366 g/mol. The molecule has 0 fully saturated rings. The van der Waals surface area contributed by atoms with E-state index in [1.807, 2.05) is 48.5 Å². The Hall–Kier alpha value is -1.79. The van der Waals surface area contributed by atoms with Crippen LogP contribution in [0.4, 0.5) is 0 Å². The Morgan fingerprint density at radius 2 is 1.82 bits per heavy atom. The summed E-state index contributed by atoms with van der Waals surface area (Å²) in [4.78, 5) is 0. The number of thiol groups is 1. The predicted molar refractivity (Wildman–Crippen MR) is 90.7 cm³/mol. The second kappa shape index (κ2) is 6.54. The molecule has 0 aliphatic heterocycles. The Bertz CT molecular complexity index is 864. The summed E-state index contributed by atoms with van der Waals surface area (Å²) >= 11 is 3.49. The molecule has 0 N–H and O–H groups in total. The summed E-state index contributed by atoms with van der Waals surface area (Å²) in [6.45, 7) is 0.437. The minimum atomic E-state index is -2.51. The van der Waals surface area contributed by atoms with Crippen LogP contribution in [0.25, 0.3) is 10.9 Å². The third-order valence-corrected chi connectivity index (χ3v) is 4.57. The lowest BCUT2D eigenvalue weighted by Crippen LogP contribution is -2.01. The third kappa shape index (κ3) is 3.18. The molecule has 3 rings (SSSR count). The molecule has 0 spiro atoms. The van der Waals surface area contributed by atoms with Gasteiger partial charge in [0.1, 0.15) is 18.2 Å². The van der Waals surface area contributed by atoms with Gasteiger partial charge in [0, 0.05) is 16.1 Å². The third-order valence-electron chi connectivity index (χ3n) is 3.34. The van der Waals surface area contributed by atoms with Gasteiger partial charge in [0.25, 0.3) is 0 Å². The number of hydrogen-bond acceptors (Lipinski definition) is 3. The van der Waals surface area contributed by atoms with Crippen LogP contribution in [-0.4, -0.2) is 13.0 Å². The van der Waals surface area contributed by atoms with E-state index in [1.165, 1.54) is 0 Å². The highest BCUT2D eigenvalue weighted by Gasteiger charge is 2.11. The predicted octanol–water partition coefficient (Wildman–Crippen LogP) is 3.55. The summed E-state index contributed by atoms with van der Waals surface area (Å²) in [6, 6.07) is 15.5. The first-order valence-electron chi connectivity index (χ1n) is 6.71. The van der Waals surface area contributed by atoms with Crippen LogP contribution >= 0.6 is 15.9 Å². The monoisotopic (exact) mass is 379 g/mol. The minimum absolute atomic E-state index is 0.0585. The molecule has 0 unspecified atom stereocenters. The van der Waals surface area contributed by atoms with Crippen molar-refractivity contribution in [1.29, 1.82) is 0 Å². The molecule has 0 amide bonds. The van der Waals surface area contributed by atoms with E-state index in [9.17, 15) is 8.42 Å². The highest BCUT2D eigenvalue weighted by Crippen LogP contribution is 2.33. The van der Waals surface area contributed by atoms with Gasteiger partial charge in [0.15, 0.2) is 10.7 Å². The first-order valence-corrected chi connectivity index (χ1v) is 8.86. The van der Waals surface area contributed by atoms with E-state index in [0.717, 1.165) is 20.9 Å². The standard InChI is InChI=1S/C16H14BrNO3S/c17-14-6-7-15(21-10-12-4-2-1-3-5-12)16-13(14)8-9-18(16)11-22(19)20/h1-9,22H,10-11H2. The van der Waals surface area contributed by atoms with Crippen LogP contribution in [0.5, 0.6) is 5.75 Å². The second-order valence-electron chi connectivity index (χ2n) is 4.84. The lowest BCUT2D eigenvalue weighted by Gasteiger charge is -2.11. The zero-order valence-electron chi connectivity index (χ0n) is 11.6. The van der Waals surface area contributed by atoms with Crippen LogP contribution in [0.1, 0.15) is 5.56 Å². The molecule has 0 atom stereocenters. The van der Waals surface area contributed by atoms with Crippen molar-refractivity contribution in [2.45, 2.75) is 12.5 Å². The molecule has 6 heteroatoms. The quantitative estimate of drug-likeness (QED) is 0.689. The molecule has 0 saturated heterocycles. The number of rotatable bonds is 5. The van der Waals surface area contributed by atoms with Gasteiger partial charge in [-0.3, -0.25) is 0 Å². The van der Waals surface area contributed by atoms with Crippen LogP contribution in [-0.2, 0) is 23.2 Å². The minimum Gasteiger partial charge on any atom is -0.487 e. The molecule has 3 aromatic rings. The van der Waals surface area contributed by atoms with Crippen LogP contribution in [0.15, 0.2) is 59.2 Å². The maximum Gasteiger partial charge on any atom is 0.158 e. The molecule has 0 radical (unpaired) electrons. The van der Waals surface area contributed by atoms with Crippen LogP contribution in [0, 0.1) is 0 Å². The van der Waals surface area contributed by atoms with Crippen LogP contribution < -0.4 is 4.74 Å².